The molecule has 3 heterocycles. The molecule has 0 spiro atoms. The molecule has 8 aromatic rings. The topological polar surface area (TPSA) is 38.9 Å². The maximum absolute atomic E-state index is 6.46. The molecule has 0 saturated heterocycles. The van der Waals surface area contributed by atoms with Gasteiger partial charge in [0.2, 0.25) is 0 Å². The Bertz CT molecular complexity index is 2380. The second-order valence-electron chi connectivity index (χ2n) is 14.2. The van der Waals surface area contributed by atoms with Gasteiger partial charge in [-0.1, -0.05) is 105 Å². The fraction of sp³-hybridized carbons (Fsp3) is 0.163. The molecule has 0 aliphatic rings. The average molecular weight is 819 g/mol. The van der Waals surface area contributed by atoms with E-state index in [1.165, 1.54) is 32.3 Å². The van der Waals surface area contributed by atoms with Gasteiger partial charge in [0.05, 0.1) is 13.7 Å². The van der Waals surface area contributed by atoms with E-state index in [1.54, 1.807) is 0 Å². The van der Waals surface area contributed by atoms with E-state index in [0.717, 1.165) is 44.5 Å². The van der Waals surface area contributed by atoms with E-state index in [0.29, 0.717) is 0 Å². The molecule has 48 heavy (non-hydrogen) atoms. The third-order valence-electron chi connectivity index (χ3n) is 8.79. The molecule has 0 aliphatic carbocycles. The first-order chi connectivity index (χ1) is 22.6. The van der Waals surface area contributed by atoms with Crippen molar-refractivity contribution in [2.75, 3.05) is 0 Å². The van der Waals surface area contributed by atoms with Gasteiger partial charge < -0.3 is 14.4 Å². The molecule has 0 aliphatic heterocycles. The molecule has 5 aromatic carbocycles. The van der Waals surface area contributed by atoms with E-state index in [4.69, 9.17) is 4.42 Å². The van der Waals surface area contributed by atoms with Gasteiger partial charge in [-0.3, -0.25) is 0 Å². The molecule has 0 fully saturated rings. The zero-order valence-corrected chi connectivity index (χ0v) is 31.6. The molecule has 0 amide bonds. The average Bonchev–Trinajstić information content (AvgIpc) is 3.45. The van der Waals surface area contributed by atoms with E-state index in [1.807, 2.05) is 42.7 Å². The number of rotatable bonds is 3. The van der Waals surface area contributed by atoms with Crippen molar-refractivity contribution >= 4 is 56.7 Å². The van der Waals surface area contributed by atoms with Crippen molar-refractivity contribution in [3.63, 3.8) is 0 Å². The fourth-order valence-corrected chi connectivity index (χ4v) is 7.21. The van der Waals surface area contributed by atoms with Crippen LogP contribution in [-0.4, -0.2) is 18.0 Å². The van der Waals surface area contributed by atoms with Crippen LogP contribution in [0.15, 0.2) is 126 Å². The number of benzene rings is 5. The summed E-state index contributed by atoms with van der Waals surface area (Å²) in [6.07, 6.45) is 3.79. The van der Waals surface area contributed by atoms with Crippen LogP contribution in [0.25, 0.3) is 66.0 Å². The van der Waals surface area contributed by atoms with Gasteiger partial charge in [0.15, 0.2) is 0 Å². The standard InChI is InChI=1S/C28H22NOSi.C15H16N.Ir/c1-31(2,3)20-13-14-29-26(16-20)23-10-6-9-22-25-15-19-12-11-18-7-4-5-8-21(18)24(19)17-27(25)30-28(22)23;1-15(2,3)13-9-10-16-14(11-13)12-7-5-4-6-8-12;/h4-9,11-17H,1-3H3;4-7,9-11H,1-3H3;/q2*-1;. The zero-order chi connectivity index (χ0) is 32.8. The van der Waals surface area contributed by atoms with Crippen molar-refractivity contribution in [3.8, 4) is 22.5 Å². The van der Waals surface area contributed by atoms with Crippen LogP contribution in [0.4, 0.5) is 0 Å². The maximum Gasteiger partial charge on any atom is 0.121 e. The number of nitrogens with zero attached hydrogens (tertiary/aromatic N) is 2. The summed E-state index contributed by atoms with van der Waals surface area (Å²) < 4.78 is 6.46. The Morgan fingerprint density at radius 1 is 0.625 bits per heavy atom. The molecular formula is C43H38IrN2OSi-2. The molecule has 3 aromatic heterocycles. The van der Waals surface area contributed by atoms with Crippen LogP contribution in [0.5, 0.6) is 0 Å². The third kappa shape index (κ3) is 6.64. The van der Waals surface area contributed by atoms with Crippen molar-refractivity contribution < 1.29 is 24.5 Å². The van der Waals surface area contributed by atoms with Crippen LogP contribution in [-0.2, 0) is 25.5 Å². The Morgan fingerprint density at radius 2 is 1.38 bits per heavy atom. The minimum absolute atomic E-state index is 0. The molecule has 0 atom stereocenters. The number of furan rings is 1. The molecular weight excluding hydrogens is 781 g/mol. The van der Waals surface area contributed by atoms with Crippen LogP contribution in [0, 0.1) is 12.1 Å². The van der Waals surface area contributed by atoms with Crippen LogP contribution < -0.4 is 5.19 Å². The van der Waals surface area contributed by atoms with Gasteiger partial charge in [-0.2, -0.15) is 0 Å². The molecule has 241 valence electrons. The summed E-state index contributed by atoms with van der Waals surface area (Å²) in [7, 11) is -1.44. The van der Waals surface area contributed by atoms with E-state index >= 15 is 0 Å². The largest absolute Gasteiger partial charge is 0.501 e. The zero-order valence-electron chi connectivity index (χ0n) is 28.2. The third-order valence-corrected chi connectivity index (χ3v) is 10.8. The minimum atomic E-state index is -1.44. The van der Waals surface area contributed by atoms with Crippen molar-refractivity contribution in [1.82, 2.24) is 9.97 Å². The Labute approximate surface area is 297 Å². The summed E-state index contributed by atoms with van der Waals surface area (Å²) in [4.78, 5) is 9.06. The van der Waals surface area contributed by atoms with Crippen LogP contribution >= 0.6 is 0 Å². The van der Waals surface area contributed by atoms with Gasteiger partial charge >= 0.3 is 0 Å². The van der Waals surface area contributed by atoms with Crippen molar-refractivity contribution in [2.45, 2.75) is 45.8 Å². The normalized spacial score (nSPS) is 11.8. The summed E-state index contributed by atoms with van der Waals surface area (Å²) >= 11 is 0. The van der Waals surface area contributed by atoms with Gasteiger partial charge in [0.25, 0.3) is 0 Å². The van der Waals surface area contributed by atoms with Crippen molar-refractivity contribution in [1.29, 1.82) is 0 Å². The Kier molecular flexibility index (Phi) is 9.24. The monoisotopic (exact) mass is 819 g/mol. The maximum atomic E-state index is 6.46. The number of hydrogen-bond donors (Lipinski definition) is 0. The summed E-state index contributed by atoms with van der Waals surface area (Å²) in [5.41, 5.74) is 7.13. The fourth-order valence-electron chi connectivity index (χ4n) is 6.06. The predicted molar refractivity (Wildman–Crippen MR) is 201 cm³/mol. The number of aromatic nitrogens is 2. The van der Waals surface area contributed by atoms with Gasteiger partial charge in [-0.15, -0.1) is 54.1 Å². The predicted octanol–water partition coefficient (Wildman–Crippen LogP) is 11.1. The smallest absolute Gasteiger partial charge is 0.121 e. The van der Waals surface area contributed by atoms with Gasteiger partial charge in [-0.25, -0.2) is 0 Å². The van der Waals surface area contributed by atoms with Crippen molar-refractivity contribution in [2.24, 2.45) is 0 Å². The van der Waals surface area contributed by atoms with Crippen LogP contribution in [0.3, 0.4) is 0 Å². The molecule has 0 unspecified atom stereocenters. The molecule has 5 heteroatoms. The number of hydrogen-bond acceptors (Lipinski definition) is 3. The Hall–Kier alpha value is -4.41. The summed E-state index contributed by atoms with van der Waals surface area (Å²) in [6, 6.07) is 44.5. The molecule has 0 saturated carbocycles. The quantitative estimate of drug-likeness (QED) is 0.101. The van der Waals surface area contributed by atoms with E-state index in [2.05, 4.69) is 141 Å². The van der Waals surface area contributed by atoms with E-state index < -0.39 is 8.07 Å². The molecule has 1 radical (unpaired) electrons. The second-order valence-corrected chi connectivity index (χ2v) is 19.3. The SMILES string of the molecule is CC(C)(C)c1ccnc(-c2[c-]cccc2)c1.C[Si](C)(C)c1ccnc(-c2[c-]ccc3c2oc2cc4c(ccc5ccccc54)cc23)c1.[Ir]. The molecule has 0 bridgehead atoms. The van der Waals surface area contributed by atoms with Gasteiger partial charge in [0.1, 0.15) is 5.58 Å². The van der Waals surface area contributed by atoms with Crippen LogP contribution in [0.1, 0.15) is 26.3 Å². The van der Waals surface area contributed by atoms with Gasteiger partial charge in [0, 0.05) is 37.9 Å². The molecule has 0 N–H and O–H groups in total. The summed E-state index contributed by atoms with van der Waals surface area (Å²) in [6.45, 7) is 13.7. The van der Waals surface area contributed by atoms with Gasteiger partial charge in [-0.05, 0) is 68.2 Å². The van der Waals surface area contributed by atoms with Crippen molar-refractivity contribution in [3.05, 3.63) is 139 Å². The molecule has 3 nitrogen and oxygen atoms in total. The van der Waals surface area contributed by atoms with E-state index in [-0.39, 0.29) is 25.5 Å². The summed E-state index contributed by atoms with van der Waals surface area (Å²) in [5.74, 6) is 0. The van der Waals surface area contributed by atoms with E-state index in [9.17, 15) is 0 Å². The Balaban J connectivity index is 0.000000201. The Morgan fingerprint density at radius 3 is 2.15 bits per heavy atom. The first kappa shape index (κ1) is 33.5. The first-order valence-electron chi connectivity index (χ1n) is 16.2. The molecule has 8 rings (SSSR count). The summed E-state index contributed by atoms with van der Waals surface area (Å²) in [5, 5.41) is 8.56. The van der Waals surface area contributed by atoms with Crippen LogP contribution in [0.2, 0.25) is 19.6 Å². The minimum Gasteiger partial charge on any atom is -0.501 e. The number of fused-ring (bicyclic) bond motifs is 6. The first-order valence-corrected chi connectivity index (χ1v) is 19.7. The second kappa shape index (κ2) is 13.2. The number of pyridine rings is 2.